The van der Waals surface area contributed by atoms with Crippen LogP contribution in [-0.2, 0) is 25.6 Å². The summed E-state index contributed by atoms with van der Waals surface area (Å²) >= 11 is 0. The summed E-state index contributed by atoms with van der Waals surface area (Å²) in [6.07, 6.45) is 2.67. The third kappa shape index (κ3) is 8.33. The van der Waals surface area contributed by atoms with Gasteiger partial charge in [0.1, 0.15) is 18.1 Å². The maximum atomic E-state index is 13.0. The Morgan fingerprint density at radius 2 is 1.85 bits per heavy atom. The summed E-state index contributed by atoms with van der Waals surface area (Å²) in [5.41, 5.74) is 6.01. The van der Waals surface area contributed by atoms with Crippen molar-refractivity contribution in [2.45, 2.75) is 77.6 Å². The maximum absolute atomic E-state index is 13.0. The van der Waals surface area contributed by atoms with E-state index in [2.05, 4.69) is 21.0 Å². The number of aryl methyl sites for hydroxylation is 1. The van der Waals surface area contributed by atoms with Crippen LogP contribution in [0.3, 0.4) is 0 Å². The average Bonchev–Trinajstić information content (AvgIpc) is 2.94. The normalized spacial score (nSPS) is 17.6. The van der Waals surface area contributed by atoms with Crippen molar-refractivity contribution in [1.29, 1.82) is 0 Å². The average molecular weight is 554 g/mol. The summed E-state index contributed by atoms with van der Waals surface area (Å²) in [5, 5.41) is 25.7. The number of hydrogen-bond donors (Lipinski definition) is 5. The molecule has 4 atom stereocenters. The lowest BCUT2D eigenvalue weighted by atomic mass is 10.0. The van der Waals surface area contributed by atoms with Crippen molar-refractivity contribution < 1.29 is 29.4 Å². The first kappa shape index (κ1) is 30.7. The van der Waals surface area contributed by atoms with Gasteiger partial charge in [-0.05, 0) is 62.3 Å². The molecule has 0 aliphatic carbocycles. The van der Waals surface area contributed by atoms with E-state index in [1.165, 1.54) is 11.9 Å². The zero-order valence-electron chi connectivity index (χ0n) is 23.4. The van der Waals surface area contributed by atoms with Crippen LogP contribution >= 0.6 is 0 Å². The molecule has 1 aromatic heterocycles. The monoisotopic (exact) mass is 553 g/mol. The number of aliphatic hydroxyl groups is 1. The molecular weight excluding hydrogens is 514 g/mol. The number of aromatic nitrogens is 1. The number of amides is 3. The summed E-state index contributed by atoms with van der Waals surface area (Å²) in [7, 11) is 0. The molecule has 40 heavy (non-hydrogen) atoms. The van der Waals surface area contributed by atoms with E-state index in [4.69, 9.17) is 0 Å². The topological polar surface area (TPSA) is 161 Å². The molecule has 5 N–H and O–H groups in total. The van der Waals surface area contributed by atoms with Gasteiger partial charge >= 0.3 is 5.97 Å². The second-order valence-electron chi connectivity index (χ2n) is 10.5. The first-order valence-corrected chi connectivity index (χ1v) is 13.6. The number of carbonyl (C=O) groups is 4. The summed E-state index contributed by atoms with van der Waals surface area (Å²) in [6, 6.07) is 8.70. The van der Waals surface area contributed by atoms with Crippen LogP contribution < -0.4 is 16.1 Å². The Morgan fingerprint density at radius 3 is 2.48 bits per heavy atom. The number of aliphatic carboxylic acids is 1. The lowest BCUT2D eigenvalue weighted by molar-refractivity contribution is -0.148. The van der Waals surface area contributed by atoms with E-state index in [9.17, 15) is 29.4 Å². The molecule has 2 heterocycles. The van der Waals surface area contributed by atoms with E-state index in [-0.39, 0.29) is 18.2 Å². The van der Waals surface area contributed by atoms with Gasteiger partial charge in [0.2, 0.25) is 11.8 Å². The minimum atomic E-state index is -1.04. The number of carboxylic acids is 1. The fourth-order valence-corrected chi connectivity index (χ4v) is 4.46. The Hall–Kier alpha value is -3.83. The minimum absolute atomic E-state index is 0.151. The van der Waals surface area contributed by atoms with Gasteiger partial charge < -0.3 is 20.8 Å². The van der Waals surface area contributed by atoms with E-state index < -0.39 is 42.0 Å². The molecule has 3 unspecified atom stereocenters. The Morgan fingerprint density at radius 1 is 1.10 bits per heavy atom. The fraction of sp³-hybridized carbons (Fsp3) is 0.483. The van der Waals surface area contributed by atoms with Crippen molar-refractivity contribution in [2.75, 3.05) is 6.54 Å². The van der Waals surface area contributed by atoms with Gasteiger partial charge in [0.05, 0.1) is 11.8 Å². The van der Waals surface area contributed by atoms with Gasteiger partial charge in [-0.15, -0.1) is 0 Å². The molecule has 11 heteroatoms. The molecule has 216 valence electrons. The largest absolute Gasteiger partial charge is 0.480 e. The second kappa shape index (κ2) is 14.0. The van der Waals surface area contributed by atoms with Gasteiger partial charge in [-0.2, -0.15) is 0 Å². The minimum Gasteiger partial charge on any atom is -0.480 e. The lowest BCUT2D eigenvalue weighted by Gasteiger charge is -2.34. The van der Waals surface area contributed by atoms with E-state index >= 15 is 0 Å². The molecule has 1 saturated heterocycles. The van der Waals surface area contributed by atoms with Gasteiger partial charge in [0.15, 0.2) is 0 Å². The van der Waals surface area contributed by atoms with Crippen molar-refractivity contribution in [3.8, 4) is 11.3 Å². The van der Waals surface area contributed by atoms with Gasteiger partial charge in [0.25, 0.3) is 5.91 Å². The molecule has 0 radical (unpaired) electrons. The van der Waals surface area contributed by atoms with E-state index in [0.29, 0.717) is 25.8 Å². The number of benzene rings is 1. The lowest BCUT2D eigenvalue weighted by Crippen LogP contribution is -2.60. The molecular formula is C29H39N5O6. The van der Waals surface area contributed by atoms with E-state index in [1.807, 2.05) is 36.4 Å². The van der Waals surface area contributed by atoms with Crippen LogP contribution in [0.2, 0.25) is 0 Å². The summed E-state index contributed by atoms with van der Waals surface area (Å²) in [5.74, 6) is -2.49. The Labute approximate surface area is 234 Å². The van der Waals surface area contributed by atoms with Gasteiger partial charge in [-0.25, -0.2) is 5.43 Å². The standard InChI is InChI=1S/C29H39N5O6/c1-17(2)26(27(37)31-18(3)28(38)34-14-6-9-24(33-34)29(39)40)32-25(36)13-11-20-10-12-23(30-16-20)22-8-5-7-21(15-22)19(4)35/h5,7-8,10,12,15-19,24,26,33,35H,6,9,11,13-14H2,1-4H3,(H,31,37)(H,32,36)(H,39,40)/t18?,19-,24?,26?/m1/s1. The zero-order valence-corrected chi connectivity index (χ0v) is 23.4. The highest BCUT2D eigenvalue weighted by molar-refractivity contribution is 5.92. The number of nitrogens with one attached hydrogen (secondary N) is 3. The van der Waals surface area contributed by atoms with E-state index in [0.717, 1.165) is 22.4 Å². The Bertz CT molecular complexity index is 1200. The number of rotatable bonds is 11. The van der Waals surface area contributed by atoms with Crippen LogP contribution in [0.1, 0.15) is 64.2 Å². The highest BCUT2D eigenvalue weighted by atomic mass is 16.4. The highest BCUT2D eigenvalue weighted by Gasteiger charge is 2.32. The summed E-state index contributed by atoms with van der Waals surface area (Å²) in [4.78, 5) is 54.2. The number of carboxylic acid groups (broad SMARTS) is 1. The van der Waals surface area contributed by atoms with Gasteiger partial charge in [0, 0.05) is 24.7 Å². The first-order chi connectivity index (χ1) is 19.0. The van der Waals surface area contributed by atoms with E-state index in [1.54, 1.807) is 27.0 Å². The quantitative estimate of drug-likeness (QED) is 0.282. The van der Waals surface area contributed by atoms with Crippen LogP contribution in [-0.4, -0.2) is 68.6 Å². The van der Waals surface area contributed by atoms with Crippen molar-refractivity contribution in [3.63, 3.8) is 0 Å². The highest BCUT2D eigenvalue weighted by Crippen LogP contribution is 2.22. The SMILES string of the molecule is CC(NC(=O)C(NC(=O)CCc1ccc(-c2cccc([C@@H](C)O)c2)nc1)C(C)C)C(=O)N1CCCC(C(=O)O)N1. The molecule has 1 fully saturated rings. The van der Waals surface area contributed by atoms with Gasteiger partial charge in [-0.1, -0.05) is 38.1 Å². The van der Waals surface area contributed by atoms with Crippen molar-refractivity contribution in [3.05, 3.63) is 53.7 Å². The third-order valence-corrected chi connectivity index (χ3v) is 6.88. The Kier molecular flexibility index (Phi) is 10.7. The first-order valence-electron chi connectivity index (χ1n) is 13.6. The smallest absolute Gasteiger partial charge is 0.322 e. The number of nitrogens with zero attached hydrogens (tertiary/aromatic N) is 2. The molecule has 1 aliphatic rings. The third-order valence-electron chi connectivity index (χ3n) is 6.88. The van der Waals surface area contributed by atoms with Crippen molar-refractivity contribution >= 4 is 23.7 Å². The molecule has 0 bridgehead atoms. The molecule has 1 aromatic carbocycles. The molecule has 11 nitrogen and oxygen atoms in total. The van der Waals surface area contributed by atoms with Gasteiger partial charge in [-0.3, -0.25) is 29.2 Å². The predicted molar refractivity (Wildman–Crippen MR) is 149 cm³/mol. The molecule has 1 aliphatic heterocycles. The van der Waals surface area contributed by atoms with Crippen LogP contribution in [0.15, 0.2) is 42.6 Å². The molecule has 3 rings (SSSR count). The second-order valence-corrected chi connectivity index (χ2v) is 10.5. The van der Waals surface area contributed by atoms with Crippen LogP contribution in [0.25, 0.3) is 11.3 Å². The number of carbonyl (C=O) groups excluding carboxylic acids is 3. The number of hydrazine groups is 1. The zero-order chi connectivity index (χ0) is 29.4. The fourth-order valence-electron chi connectivity index (χ4n) is 4.46. The maximum Gasteiger partial charge on any atom is 0.322 e. The van der Waals surface area contributed by atoms with Crippen LogP contribution in [0, 0.1) is 5.92 Å². The predicted octanol–water partition coefficient (Wildman–Crippen LogP) is 1.96. The molecule has 3 amide bonds. The molecule has 2 aromatic rings. The molecule has 0 spiro atoms. The van der Waals surface area contributed by atoms with Crippen LogP contribution in [0.4, 0.5) is 0 Å². The van der Waals surface area contributed by atoms with Crippen molar-refractivity contribution in [2.24, 2.45) is 5.92 Å². The van der Waals surface area contributed by atoms with Crippen LogP contribution in [0.5, 0.6) is 0 Å². The summed E-state index contributed by atoms with van der Waals surface area (Å²) < 4.78 is 0. The van der Waals surface area contributed by atoms with Crippen molar-refractivity contribution in [1.82, 2.24) is 26.1 Å². The number of pyridine rings is 1. The molecule has 0 saturated carbocycles. The Balaban J connectivity index is 1.52. The number of hydrogen-bond acceptors (Lipinski definition) is 7. The summed E-state index contributed by atoms with van der Waals surface area (Å²) in [6.45, 7) is 7.19. The number of aliphatic hydroxyl groups excluding tert-OH is 1.